The van der Waals surface area contributed by atoms with Gasteiger partial charge in [0.25, 0.3) is 10.1 Å². The second-order valence-electron chi connectivity index (χ2n) is 14.1. The van der Waals surface area contributed by atoms with Crippen molar-refractivity contribution < 1.29 is 40.3 Å². The van der Waals surface area contributed by atoms with E-state index in [1.165, 1.54) is 109 Å². The lowest BCUT2D eigenvalue weighted by atomic mass is 10.0. The van der Waals surface area contributed by atoms with E-state index in [1.807, 2.05) is 0 Å². The minimum atomic E-state index is -4.22. The van der Waals surface area contributed by atoms with Crippen molar-refractivity contribution in [3.63, 3.8) is 0 Å². The Labute approximate surface area is 265 Å². The first-order valence-corrected chi connectivity index (χ1v) is 21.3. The number of hydrogen-bond acceptors (Lipinski definition) is 6. The molecule has 9 nitrogen and oxygen atoms in total. The number of quaternary nitrogens is 2. The fourth-order valence-corrected chi connectivity index (χ4v) is 9.87. The molecule has 3 heterocycles. The van der Waals surface area contributed by atoms with Gasteiger partial charge in [0.15, 0.2) is 0 Å². The van der Waals surface area contributed by atoms with Crippen LogP contribution in [0.5, 0.6) is 0 Å². The highest BCUT2D eigenvalue weighted by Crippen LogP contribution is 2.26. The Balaban J connectivity index is 1.52. The third-order valence-electron chi connectivity index (χ3n) is 9.53. The Morgan fingerprint density at radius 1 is 0.698 bits per heavy atom. The molecule has 11 heteroatoms. The van der Waals surface area contributed by atoms with Crippen LogP contribution < -0.4 is 0 Å². The smallest absolute Gasteiger partial charge is 0.386 e. The number of fused-ring (bicyclic) bond motifs is 6. The van der Waals surface area contributed by atoms with Crippen LogP contribution in [-0.4, -0.2) is 121 Å². The van der Waals surface area contributed by atoms with Crippen LogP contribution in [0.3, 0.4) is 0 Å². The molecule has 43 heavy (non-hydrogen) atoms. The van der Waals surface area contributed by atoms with E-state index in [4.69, 9.17) is 17.8 Å². The van der Waals surface area contributed by atoms with Gasteiger partial charge in [-0.2, -0.15) is 8.42 Å². The van der Waals surface area contributed by atoms with Crippen LogP contribution >= 0.6 is 0 Å². The molecule has 0 aromatic rings. The second-order valence-corrected chi connectivity index (χ2v) is 18.3. The molecule has 0 spiro atoms. The average molecular weight is 653 g/mol. The van der Waals surface area contributed by atoms with Gasteiger partial charge in [0, 0.05) is 12.5 Å². The fourth-order valence-electron chi connectivity index (χ4n) is 6.80. The molecule has 2 bridgehead atoms. The lowest BCUT2D eigenvalue weighted by Crippen LogP contribution is -2.64. The highest BCUT2D eigenvalue weighted by molar-refractivity contribution is 7.85. The first kappa shape index (κ1) is 39.1. The molecule has 3 saturated heterocycles. The maximum Gasteiger partial charge on any atom is 0.501 e. The number of nitrogens with zero attached hydrogens (tertiary/aromatic N) is 2. The van der Waals surface area contributed by atoms with E-state index in [2.05, 4.69) is 21.0 Å². The standard InChI is InChI=1S/C32H67N2O7SSi/c1-4-5-6-7-8-9-10-11-12-13-14-15-16-17-18-19-21-33(2,3)22-20-29-43-39-26-23-34(24-27-40-43,25-28-41-43)30-32(35)31-42(36,37)38/h32,35H,4-31H2,1-3H3/q+1/p+1. The van der Waals surface area contributed by atoms with Crippen molar-refractivity contribution in [1.82, 2.24) is 0 Å². The van der Waals surface area contributed by atoms with Gasteiger partial charge in [0.05, 0.1) is 47.0 Å². The molecule has 3 fully saturated rings. The van der Waals surface area contributed by atoms with Crippen LogP contribution in [0.1, 0.15) is 116 Å². The van der Waals surface area contributed by atoms with Crippen LogP contribution in [0, 0.1) is 0 Å². The molecule has 3 rings (SSSR count). The molecular weight excluding hydrogens is 585 g/mol. The van der Waals surface area contributed by atoms with Crippen molar-refractivity contribution in [3.05, 3.63) is 0 Å². The van der Waals surface area contributed by atoms with E-state index in [0.717, 1.165) is 23.5 Å². The largest absolute Gasteiger partial charge is 0.501 e. The fraction of sp³-hybridized carbons (Fsp3) is 1.00. The summed E-state index contributed by atoms with van der Waals surface area (Å²) in [4.78, 5) is 0. The number of rotatable bonds is 25. The van der Waals surface area contributed by atoms with Gasteiger partial charge in [-0.15, -0.1) is 0 Å². The number of aliphatic hydroxyl groups excluding tert-OH is 1. The summed E-state index contributed by atoms with van der Waals surface area (Å²) in [6.45, 7) is 8.27. The van der Waals surface area contributed by atoms with Crippen molar-refractivity contribution in [2.75, 3.05) is 78.9 Å². The first-order valence-electron chi connectivity index (χ1n) is 17.7. The van der Waals surface area contributed by atoms with Gasteiger partial charge < -0.3 is 27.4 Å². The molecule has 2 N–H and O–H groups in total. The van der Waals surface area contributed by atoms with Crippen molar-refractivity contribution in [2.45, 2.75) is 128 Å². The predicted octanol–water partition coefficient (Wildman–Crippen LogP) is 5.80. The van der Waals surface area contributed by atoms with E-state index in [1.54, 1.807) is 0 Å². The van der Waals surface area contributed by atoms with E-state index in [9.17, 15) is 13.5 Å². The highest BCUT2D eigenvalue weighted by atomic mass is 32.2. The lowest BCUT2D eigenvalue weighted by molar-refractivity contribution is -0.932. The predicted molar refractivity (Wildman–Crippen MR) is 177 cm³/mol. The van der Waals surface area contributed by atoms with Crippen molar-refractivity contribution in [1.29, 1.82) is 0 Å². The second kappa shape index (κ2) is 20.9. The van der Waals surface area contributed by atoms with Gasteiger partial charge >= 0.3 is 8.80 Å². The summed E-state index contributed by atoms with van der Waals surface area (Å²) >= 11 is 0. The molecule has 0 aromatic carbocycles. The average Bonchev–Trinajstić information content (AvgIpc) is 2.89. The molecule has 3 aliphatic rings. The normalized spacial score (nSPS) is 24.0. The summed E-state index contributed by atoms with van der Waals surface area (Å²) in [5.74, 6) is -0.651. The molecular formula is C32H68N2O7SSi+2. The minimum Gasteiger partial charge on any atom is -0.386 e. The SMILES string of the molecule is CCCCCCCCCCCCCCCCCC[N+](C)(C)CCC[Si]12OCC[N+](CC(O)CS(=O)(=O)O)(CCO1)CCO2. The Kier molecular flexibility index (Phi) is 19.0. The van der Waals surface area contributed by atoms with Gasteiger partial charge in [-0.3, -0.25) is 4.55 Å². The van der Waals surface area contributed by atoms with Gasteiger partial charge in [-0.05, 0) is 12.8 Å². The quantitative estimate of drug-likeness (QED) is 0.0557. The zero-order valence-electron chi connectivity index (χ0n) is 28.1. The molecule has 0 radical (unpaired) electrons. The molecule has 0 aromatic heterocycles. The van der Waals surface area contributed by atoms with Crippen LogP contribution in [0.2, 0.25) is 6.04 Å². The minimum absolute atomic E-state index is 0.232. The number of unbranched alkanes of at least 4 members (excludes halogenated alkanes) is 15. The molecule has 256 valence electrons. The molecule has 0 saturated carbocycles. The summed E-state index contributed by atoms with van der Waals surface area (Å²) in [7, 11) is -2.30. The number of hydrogen-bond donors (Lipinski definition) is 2. The topological polar surface area (TPSA) is 102 Å². The summed E-state index contributed by atoms with van der Waals surface area (Å²) in [6.07, 6.45) is 22.2. The van der Waals surface area contributed by atoms with Gasteiger partial charge in [-0.1, -0.05) is 96.8 Å². The van der Waals surface area contributed by atoms with Crippen LogP contribution in [0.15, 0.2) is 0 Å². The Bertz CT molecular complexity index is 801. The van der Waals surface area contributed by atoms with Crippen molar-refractivity contribution >= 4 is 18.9 Å². The third kappa shape index (κ3) is 18.0. The lowest BCUT2D eigenvalue weighted by Gasteiger charge is -2.46. The Hall–Kier alpha value is -0.113. The monoisotopic (exact) mass is 652 g/mol. The summed E-state index contributed by atoms with van der Waals surface area (Å²) < 4.78 is 51.8. The van der Waals surface area contributed by atoms with Gasteiger partial charge in [-0.25, -0.2) is 0 Å². The van der Waals surface area contributed by atoms with Crippen LogP contribution in [0.25, 0.3) is 0 Å². The van der Waals surface area contributed by atoms with E-state index >= 15 is 0 Å². The summed E-state index contributed by atoms with van der Waals surface area (Å²) in [5.41, 5.74) is 0. The molecule has 1 unspecified atom stereocenters. The van der Waals surface area contributed by atoms with Crippen molar-refractivity contribution in [2.24, 2.45) is 0 Å². The third-order valence-corrected chi connectivity index (χ3v) is 13.2. The zero-order chi connectivity index (χ0) is 31.5. The number of aliphatic hydroxyl groups is 1. The molecule has 0 amide bonds. The van der Waals surface area contributed by atoms with Crippen LogP contribution in [-0.2, 0) is 23.4 Å². The molecule has 3 aliphatic heterocycles. The van der Waals surface area contributed by atoms with E-state index in [0.29, 0.717) is 43.9 Å². The highest BCUT2D eigenvalue weighted by Gasteiger charge is 2.48. The Morgan fingerprint density at radius 2 is 1.09 bits per heavy atom. The summed E-state index contributed by atoms with van der Waals surface area (Å²) in [5, 5.41) is 10.3. The Morgan fingerprint density at radius 3 is 1.51 bits per heavy atom. The maximum atomic E-state index is 11.2. The maximum absolute atomic E-state index is 11.2. The van der Waals surface area contributed by atoms with Crippen LogP contribution in [0.4, 0.5) is 0 Å². The zero-order valence-corrected chi connectivity index (χ0v) is 29.9. The summed E-state index contributed by atoms with van der Waals surface area (Å²) in [6, 6.07) is 0.818. The molecule has 1 atom stereocenters. The van der Waals surface area contributed by atoms with Gasteiger partial charge in [0.1, 0.15) is 38.0 Å². The van der Waals surface area contributed by atoms with Gasteiger partial charge in [0.2, 0.25) is 0 Å². The van der Waals surface area contributed by atoms with E-state index < -0.39 is 30.8 Å². The van der Waals surface area contributed by atoms with Crippen molar-refractivity contribution in [3.8, 4) is 0 Å². The first-order chi connectivity index (χ1) is 20.5. The molecule has 0 aliphatic carbocycles. The van der Waals surface area contributed by atoms with E-state index in [-0.39, 0.29) is 6.54 Å².